The third kappa shape index (κ3) is 3.14. The molecule has 0 spiro atoms. The molecule has 1 aliphatic heterocycles. The minimum atomic E-state index is -1.28. The van der Waals surface area contributed by atoms with Crippen LogP contribution in [0.15, 0.2) is 36.4 Å². The first-order valence-electron chi connectivity index (χ1n) is 7.20. The highest BCUT2D eigenvalue weighted by Gasteiger charge is 2.34. The fourth-order valence-corrected chi connectivity index (χ4v) is 2.61. The van der Waals surface area contributed by atoms with E-state index in [-0.39, 0.29) is 0 Å². The van der Waals surface area contributed by atoms with E-state index in [2.05, 4.69) is 10.6 Å². The van der Waals surface area contributed by atoms with Gasteiger partial charge in [-0.25, -0.2) is 0 Å². The van der Waals surface area contributed by atoms with Crippen molar-refractivity contribution in [3.8, 4) is 11.5 Å². The van der Waals surface area contributed by atoms with Crippen molar-refractivity contribution in [1.29, 1.82) is 0 Å². The first kappa shape index (κ1) is 16.1. The molecule has 2 amide bonds. The lowest BCUT2D eigenvalue weighted by Crippen LogP contribution is -2.45. The van der Waals surface area contributed by atoms with Gasteiger partial charge in [-0.2, -0.15) is 0 Å². The number of hydrogen-bond acceptors (Lipinski definition) is 4. The zero-order valence-corrected chi connectivity index (χ0v) is 13.8. The number of rotatable bonds is 3. The number of aryl methyl sites for hydroxylation is 1. The molecule has 1 aliphatic rings. The lowest BCUT2D eigenvalue weighted by Gasteiger charge is -2.25. The third-order valence-electron chi connectivity index (χ3n) is 3.53. The second kappa shape index (κ2) is 6.41. The van der Waals surface area contributed by atoms with E-state index in [0.717, 1.165) is 5.56 Å². The number of methoxy groups -OCH3 is 1. The van der Waals surface area contributed by atoms with Crippen molar-refractivity contribution in [2.45, 2.75) is 13.0 Å². The topological polar surface area (TPSA) is 76.7 Å². The van der Waals surface area contributed by atoms with Crippen LogP contribution in [0.4, 0.5) is 11.4 Å². The molecule has 0 fully saturated rings. The van der Waals surface area contributed by atoms with E-state index in [1.807, 2.05) is 13.0 Å². The summed E-state index contributed by atoms with van der Waals surface area (Å²) in [6.45, 7) is 1.90. The fraction of sp³-hybridized carbons (Fsp3) is 0.176. The van der Waals surface area contributed by atoms with Gasteiger partial charge >= 0.3 is 0 Å². The Morgan fingerprint density at radius 1 is 1.29 bits per heavy atom. The van der Waals surface area contributed by atoms with Crippen LogP contribution in [0.5, 0.6) is 11.5 Å². The number of ether oxygens (including phenoxy) is 2. The zero-order valence-electron chi connectivity index (χ0n) is 13.1. The van der Waals surface area contributed by atoms with Gasteiger partial charge in [0, 0.05) is 5.69 Å². The lowest BCUT2D eigenvalue weighted by molar-refractivity contribution is -0.133. The Balaban J connectivity index is 1.77. The summed E-state index contributed by atoms with van der Waals surface area (Å²) in [4.78, 5) is 24.5. The van der Waals surface area contributed by atoms with Gasteiger partial charge in [0.2, 0.25) is 0 Å². The van der Waals surface area contributed by atoms with Crippen molar-refractivity contribution in [2.75, 3.05) is 17.7 Å². The van der Waals surface area contributed by atoms with Crippen LogP contribution in [-0.4, -0.2) is 25.0 Å². The minimum absolute atomic E-state index is 0.352. The Morgan fingerprint density at radius 2 is 2.08 bits per heavy atom. The highest BCUT2D eigenvalue weighted by atomic mass is 35.5. The molecule has 7 heteroatoms. The number of carbonyl (C=O) groups is 2. The van der Waals surface area contributed by atoms with E-state index in [0.29, 0.717) is 27.9 Å². The SMILES string of the molecule is COc1ccc(NC(=O)[C@H]2Oc3ccc(C)cc3NC2=O)cc1Cl. The zero-order chi connectivity index (χ0) is 17.3. The van der Waals surface area contributed by atoms with Crippen molar-refractivity contribution in [3.05, 3.63) is 47.0 Å². The van der Waals surface area contributed by atoms with Crippen molar-refractivity contribution in [3.63, 3.8) is 0 Å². The number of anilines is 2. The summed E-state index contributed by atoms with van der Waals surface area (Å²) < 4.78 is 10.6. The summed E-state index contributed by atoms with van der Waals surface area (Å²) in [6.07, 6.45) is -1.28. The second-order valence-corrected chi connectivity index (χ2v) is 5.73. The summed E-state index contributed by atoms with van der Waals surface area (Å²) in [6, 6.07) is 10.1. The van der Waals surface area contributed by atoms with Crippen LogP contribution in [0, 0.1) is 6.92 Å². The molecule has 2 N–H and O–H groups in total. The van der Waals surface area contributed by atoms with Crippen molar-refractivity contribution in [1.82, 2.24) is 0 Å². The number of benzene rings is 2. The van der Waals surface area contributed by atoms with Crippen molar-refractivity contribution >= 4 is 34.8 Å². The van der Waals surface area contributed by atoms with Gasteiger partial charge in [0.1, 0.15) is 11.5 Å². The van der Waals surface area contributed by atoms with Crippen molar-refractivity contribution < 1.29 is 19.1 Å². The number of nitrogens with one attached hydrogen (secondary N) is 2. The molecule has 0 aliphatic carbocycles. The Bertz CT molecular complexity index is 822. The maximum atomic E-state index is 12.3. The third-order valence-corrected chi connectivity index (χ3v) is 3.83. The monoisotopic (exact) mass is 346 g/mol. The number of halogens is 1. The van der Waals surface area contributed by atoms with Crippen LogP contribution in [0.1, 0.15) is 5.56 Å². The molecule has 2 aromatic rings. The summed E-state index contributed by atoms with van der Waals surface area (Å²) >= 11 is 6.02. The number of fused-ring (bicyclic) bond motifs is 1. The van der Waals surface area contributed by atoms with Crippen LogP contribution >= 0.6 is 11.6 Å². The van der Waals surface area contributed by atoms with Crippen LogP contribution in [0.25, 0.3) is 0 Å². The van der Waals surface area contributed by atoms with Gasteiger partial charge in [-0.15, -0.1) is 0 Å². The molecule has 124 valence electrons. The van der Waals surface area contributed by atoms with E-state index in [4.69, 9.17) is 21.1 Å². The predicted molar refractivity (Wildman–Crippen MR) is 90.9 cm³/mol. The highest BCUT2D eigenvalue weighted by Crippen LogP contribution is 2.31. The molecule has 2 aromatic carbocycles. The number of hydrogen-bond donors (Lipinski definition) is 2. The molecular formula is C17H15ClN2O4. The molecule has 6 nitrogen and oxygen atoms in total. The quantitative estimate of drug-likeness (QED) is 0.838. The molecule has 0 aromatic heterocycles. The average Bonchev–Trinajstić information content (AvgIpc) is 2.54. The van der Waals surface area contributed by atoms with Gasteiger partial charge < -0.3 is 20.1 Å². The maximum absolute atomic E-state index is 12.3. The average molecular weight is 347 g/mol. The molecule has 0 unspecified atom stereocenters. The van der Waals surface area contributed by atoms with E-state index in [1.165, 1.54) is 13.2 Å². The van der Waals surface area contributed by atoms with Gasteiger partial charge in [-0.05, 0) is 42.8 Å². The minimum Gasteiger partial charge on any atom is -0.495 e. The standard InChI is InChI=1S/C17H15ClN2O4/c1-9-3-5-14-12(7-9)20-17(22)15(24-14)16(21)19-10-4-6-13(23-2)11(18)8-10/h3-8,15H,1-2H3,(H,19,21)(H,20,22)/t15-/m1/s1. The molecule has 1 heterocycles. The highest BCUT2D eigenvalue weighted by molar-refractivity contribution is 6.32. The second-order valence-electron chi connectivity index (χ2n) is 5.33. The molecule has 24 heavy (non-hydrogen) atoms. The maximum Gasteiger partial charge on any atom is 0.275 e. The van der Waals surface area contributed by atoms with E-state index < -0.39 is 17.9 Å². The largest absolute Gasteiger partial charge is 0.495 e. The molecular weight excluding hydrogens is 332 g/mol. The predicted octanol–water partition coefficient (Wildman–Crippen LogP) is 3.00. The van der Waals surface area contributed by atoms with Gasteiger partial charge in [0.05, 0.1) is 17.8 Å². The van der Waals surface area contributed by atoms with E-state index in [9.17, 15) is 9.59 Å². The molecule has 0 saturated heterocycles. The van der Waals surface area contributed by atoms with Crippen LogP contribution in [-0.2, 0) is 9.59 Å². The summed E-state index contributed by atoms with van der Waals surface area (Å²) in [5, 5.41) is 5.64. The van der Waals surface area contributed by atoms with E-state index >= 15 is 0 Å². The molecule has 0 saturated carbocycles. The van der Waals surface area contributed by atoms with Gasteiger partial charge in [-0.3, -0.25) is 9.59 Å². The molecule has 0 bridgehead atoms. The summed E-state index contributed by atoms with van der Waals surface area (Å²) in [5.41, 5.74) is 1.97. The van der Waals surface area contributed by atoms with Crippen molar-refractivity contribution in [2.24, 2.45) is 0 Å². The van der Waals surface area contributed by atoms with Crippen LogP contribution in [0.2, 0.25) is 5.02 Å². The van der Waals surface area contributed by atoms with Gasteiger partial charge in [-0.1, -0.05) is 17.7 Å². The normalized spacial score (nSPS) is 15.8. The molecule has 1 atom stereocenters. The molecule has 0 radical (unpaired) electrons. The van der Waals surface area contributed by atoms with Gasteiger partial charge in [0.15, 0.2) is 0 Å². The first-order chi connectivity index (χ1) is 11.5. The Morgan fingerprint density at radius 3 is 2.79 bits per heavy atom. The Kier molecular flexibility index (Phi) is 4.31. The first-order valence-corrected chi connectivity index (χ1v) is 7.58. The fourth-order valence-electron chi connectivity index (χ4n) is 2.35. The smallest absolute Gasteiger partial charge is 0.275 e. The number of carbonyl (C=O) groups excluding carboxylic acids is 2. The van der Waals surface area contributed by atoms with Crippen LogP contribution in [0.3, 0.4) is 0 Å². The van der Waals surface area contributed by atoms with E-state index in [1.54, 1.807) is 24.3 Å². The summed E-state index contributed by atoms with van der Waals surface area (Å²) in [7, 11) is 1.50. The summed E-state index contributed by atoms with van der Waals surface area (Å²) in [5.74, 6) is -0.163. The van der Waals surface area contributed by atoms with Crippen LogP contribution < -0.4 is 20.1 Å². The Labute approximate surface area is 143 Å². The Hall–Kier alpha value is -2.73. The molecule has 3 rings (SSSR count). The lowest BCUT2D eigenvalue weighted by atomic mass is 10.1. The van der Waals surface area contributed by atoms with Gasteiger partial charge in [0.25, 0.3) is 17.9 Å². The number of amides is 2.